The first-order valence-electron chi connectivity index (χ1n) is 12.3. The summed E-state index contributed by atoms with van der Waals surface area (Å²) in [4.78, 5) is 0. The van der Waals surface area contributed by atoms with Gasteiger partial charge in [0.25, 0.3) is 8.32 Å². The minimum atomic E-state index is -2.39. The van der Waals surface area contributed by atoms with Crippen molar-refractivity contribution in [2.24, 2.45) is 0 Å². The molecule has 0 aromatic heterocycles. The fraction of sp³-hybridized carbons (Fsp3) is 0.517. The lowest BCUT2D eigenvalue weighted by Crippen LogP contribution is -2.66. The van der Waals surface area contributed by atoms with E-state index in [0.717, 1.165) is 13.0 Å². The summed E-state index contributed by atoms with van der Waals surface area (Å²) in [5, 5.41) is 2.77. The van der Waals surface area contributed by atoms with Gasteiger partial charge in [0.05, 0.1) is 0 Å². The lowest BCUT2D eigenvalue weighted by atomic mass is 10.1. The second-order valence-corrected chi connectivity index (χ2v) is 14.2. The number of allylic oxidation sites excluding steroid dienone is 1. The summed E-state index contributed by atoms with van der Waals surface area (Å²) in [5.41, 5.74) is 1.52. The zero-order valence-electron chi connectivity index (χ0n) is 20.6. The van der Waals surface area contributed by atoms with Gasteiger partial charge in [0.15, 0.2) is 0 Å². The van der Waals surface area contributed by atoms with E-state index < -0.39 is 8.32 Å². The maximum Gasteiger partial charge on any atom is 0.261 e. The van der Waals surface area contributed by atoms with Crippen LogP contribution in [0.1, 0.15) is 86.0 Å². The molecule has 0 amide bonds. The summed E-state index contributed by atoms with van der Waals surface area (Å²) < 4.78 is 6.98. The van der Waals surface area contributed by atoms with Crippen LogP contribution in [0.4, 0.5) is 0 Å². The van der Waals surface area contributed by atoms with Crippen molar-refractivity contribution in [2.75, 3.05) is 6.61 Å². The molecule has 0 fully saturated rings. The van der Waals surface area contributed by atoms with Crippen molar-refractivity contribution in [3.05, 3.63) is 72.3 Å². The molecule has 0 saturated heterocycles. The SMILES string of the molecule is CCCCCCCC/C(C)=C/CCO[Si](c1ccccc1)(c1ccccc1)C(C)(C)C. The van der Waals surface area contributed by atoms with Crippen LogP contribution >= 0.6 is 0 Å². The molecule has 0 aliphatic heterocycles. The second-order valence-electron chi connectivity index (χ2n) is 9.87. The van der Waals surface area contributed by atoms with Gasteiger partial charge >= 0.3 is 0 Å². The summed E-state index contributed by atoms with van der Waals surface area (Å²) in [6, 6.07) is 21.9. The molecule has 2 heteroatoms. The smallest absolute Gasteiger partial charge is 0.261 e. The van der Waals surface area contributed by atoms with Crippen LogP contribution in [0.2, 0.25) is 5.04 Å². The monoisotopic (exact) mass is 436 g/mol. The molecule has 0 N–H and O–H groups in total. The molecule has 0 spiro atoms. The van der Waals surface area contributed by atoms with Gasteiger partial charge in [-0.2, -0.15) is 0 Å². The van der Waals surface area contributed by atoms with Crippen molar-refractivity contribution >= 4 is 18.7 Å². The highest BCUT2D eigenvalue weighted by Gasteiger charge is 2.49. The molecule has 1 nitrogen and oxygen atoms in total. The van der Waals surface area contributed by atoms with Gasteiger partial charge in [0.1, 0.15) is 0 Å². The molecular formula is C29H44OSi. The molecule has 2 aromatic rings. The molecule has 0 bridgehead atoms. The van der Waals surface area contributed by atoms with Crippen LogP contribution < -0.4 is 10.4 Å². The molecular weight excluding hydrogens is 392 g/mol. The third kappa shape index (κ3) is 7.47. The molecule has 31 heavy (non-hydrogen) atoms. The number of benzene rings is 2. The molecule has 0 unspecified atom stereocenters. The summed E-state index contributed by atoms with van der Waals surface area (Å²) in [6.07, 6.45) is 12.8. The van der Waals surface area contributed by atoms with Gasteiger partial charge in [-0.3, -0.25) is 0 Å². The predicted molar refractivity (Wildman–Crippen MR) is 140 cm³/mol. The molecule has 2 aromatic carbocycles. The summed E-state index contributed by atoms with van der Waals surface area (Å²) in [7, 11) is -2.39. The van der Waals surface area contributed by atoms with Crippen LogP contribution in [0, 0.1) is 0 Å². The third-order valence-corrected chi connectivity index (χ3v) is 11.3. The largest absolute Gasteiger partial charge is 0.407 e. The average Bonchev–Trinajstić information content (AvgIpc) is 2.76. The molecule has 170 valence electrons. The molecule has 2 rings (SSSR count). The first kappa shape index (κ1) is 25.6. The van der Waals surface area contributed by atoms with Gasteiger partial charge in [-0.05, 0) is 41.6 Å². The average molecular weight is 437 g/mol. The van der Waals surface area contributed by atoms with Crippen molar-refractivity contribution in [2.45, 2.75) is 91.0 Å². The normalized spacial score (nSPS) is 12.9. The highest BCUT2D eigenvalue weighted by Crippen LogP contribution is 2.36. The van der Waals surface area contributed by atoms with Gasteiger partial charge in [-0.1, -0.05) is 132 Å². The van der Waals surface area contributed by atoms with Crippen molar-refractivity contribution in [3.8, 4) is 0 Å². The van der Waals surface area contributed by atoms with Gasteiger partial charge < -0.3 is 4.43 Å². The number of unbranched alkanes of at least 4 members (excludes halogenated alkanes) is 5. The van der Waals surface area contributed by atoms with E-state index >= 15 is 0 Å². The highest BCUT2D eigenvalue weighted by molar-refractivity contribution is 6.99. The Morgan fingerprint density at radius 2 is 1.32 bits per heavy atom. The Hall–Kier alpha value is -1.64. The Morgan fingerprint density at radius 1 is 0.806 bits per heavy atom. The first-order chi connectivity index (χ1) is 14.9. The fourth-order valence-corrected chi connectivity index (χ4v) is 9.14. The first-order valence-corrected chi connectivity index (χ1v) is 14.2. The fourth-order valence-electron chi connectivity index (χ4n) is 4.57. The maximum atomic E-state index is 6.98. The summed E-state index contributed by atoms with van der Waals surface area (Å²) >= 11 is 0. The molecule has 0 heterocycles. The van der Waals surface area contributed by atoms with Crippen molar-refractivity contribution in [1.29, 1.82) is 0 Å². The molecule has 0 atom stereocenters. The van der Waals surface area contributed by atoms with E-state index in [1.165, 1.54) is 60.9 Å². The van der Waals surface area contributed by atoms with Crippen LogP contribution in [0.15, 0.2) is 72.3 Å². The Balaban J connectivity index is 2.06. The van der Waals surface area contributed by atoms with E-state index in [0.29, 0.717) is 0 Å². The quantitative estimate of drug-likeness (QED) is 0.178. The lowest BCUT2D eigenvalue weighted by Gasteiger charge is -2.43. The molecule has 0 saturated carbocycles. The summed E-state index contributed by atoms with van der Waals surface area (Å²) in [6.45, 7) is 12.4. The predicted octanol–water partition coefficient (Wildman–Crippen LogP) is 7.65. The van der Waals surface area contributed by atoms with Crippen LogP contribution in [-0.2, 0) is 4.43 Å². The van der Waals surface area contributed by atoms with E-state index in [1.807, 2.05) is 0 Å². The lowest BCUT2D eigenvalue weighted by molar-refractivity contribution is 0.304. The van der Waals surface area contributed by atoms with Crippen molar-refractivity contribution in [3.63, 3.8) is 0 Å². The highest BCUT2D eigenvalue weighted by atomic mass is 28.4. The van der Waals surface area contributed by atoms with E-state index in [-0.39, 0.29) is 5.04 Å². The number of rotatable bonds is 13. The van der Waals surface area contributed by atoms with Crippen molar-refractivity contribution in [1.82, 2.24) is 0 Å². The Morgan fingerprint density at radius 3 is 1.84 bits per heavy atom. The Kier molecular flexibility index (Phi) is 10.8. The minimum Gasteiger partial charge on any atom is -0.407 e. The van der Waals surface area contributed by atoms with Crippen LogP contribution in [-0.4, -0.2) is 14.9 Å². The van der Waals surface area contributed by atoms with E-state index in [9.17, 15) is 0 Å². The zero-order valence-corrected chi connectivity index (χ0v) is 21.6. The van der Waals surface area contributed by atoms with Crippen LogP contribution in [0.25, 0.3) is 0 Å². The Labute approximate surface area is 193 Å². The molecule has 0 radical (unpaired) electrons. The number of hydrogen-bond acceptors (Lipinski definition) is 1. The van der Waals surface area contributed by atoms with Crippen LogP contribution in [0.3, 0.4) is 0 Å². The molecule has 0 aliphatic rings. The summed E-state index contributed by atoms with van der Waals surface area (Å²) in [5.74, 6) is 0. The topological polar surface area (TPSA) is 9.23 Å². The van der Waals surface area contributed by atoms with Gasteiger partial charge in [0, 0.05) is 6.61 Å². The van der Waals surface area contributed by atoms with Gasteiger partial charge in [-0.25, -0.2) is 0 Å². The minimum absolute atomic E-state index is 0.0486. The van der Waals surface area contributed by atoms with Crippen LogP contribution in [0.5, 0.6) is 0 Å². The maximum absolute atomic E-state index is 6.98. The van der Waals surface area contributed by atoms with E-state index in [4.69, 9.17) is 4.43 Å². The van der Waals surface area contributed by atoms with Crippen molar-refractivity contribution < 1.29 is 4.43 Å². The number of hydrogen-bond donors (Lipinski definition) is 0. The Bertz CT molecular complexity index is 719. The van der Waals surface area contributed by atoms with E-state index in [1.54, 1.807) is 0 Å². The second kappa shape index (κ2) is 13.0. The zero-order chi connectivity index (χ0) is 22.6. The van der Waals surface area contributed by atoms with Gasteiger partial charge in [0.2, 0.25) is 0 Å². The standard InChI is InChI=1S/C29H44OSi/c1-6-7-8-9-10-13-19-26(2)20-18-25-30-31(29(3,4)5,27-21-14-11-15-22-27)28-23-16-12-17-24-28/h11-12,14-17,20-24H,6-10,13,18-19,25H2,1-5H3/b26-20+. The molecule has 0 aliphatic carbocycles. The van der Waals surface area contributed by atoms with E-state index in [2.05, 4.69) is 101 Å². The van der Waals surface area contributed by atoms with Gasteiger partial charge in [-0.15, -0.1) is 0 Å². The third-order valence-electron chi connectivity index (χ3n) is 6.27.